The van der Waals surface area contributed by atoms with Crippen LogP contribution in [-0.4, -0.2) is 38.6 Å². The maximum atomic E-state index is 12.4. The van der Waals surface area contributed by atoms with Gasteiger partial charge in [-0.25, -0.2) is 0 Å². The second-order valence-electron chi connectivity index (χ2n) is 7.27. The Bertz CT molecular complexity index is 835. The van der Waals surface area contributed by atoms with Crippen LogP contribution in [0.15, 0.2) is 48.5 Å². The van der Waals surface area contributed by atoms with Crippen LogP contribution in [0.4, 0.5) is 5.69 Å². The van der Waals surface area contributed by atoms with Gasteiger partial charge >= 0.3 is 0 Å². The molecule has 0 aromatic heterocycles. The number of unbranched alkanes of at least 4 members (excludes halogenated alkanes) is 1. The number of carbonyl (C=O) groups excluding carboxylic acids is 2. The van der Waals surface area contributed by atoms with E-state index in [0.29, 0.717) is 25.4 Å². The van der Waals surface area contributed by atoms with Crippen LogP contribution in [0.25, 0.3) is 0 Å². The van der Waals surface area contributed by atoms with E-state index in [4.69, 9.17) is 9.47 Å². The summed E-state index contributed by atoms with van der Waals surface area (Å²) in [6, 6.07) is 15.3. The second kappa shape index (κ2) is 9.96. The van der Waals surface area contributed by atoms with Gasteiger partial charge in [-0.2, -0.15) is 0 Å². The van der Waals surface area contributed by atoms with Gasteiger partial charge < -0.3 is 19.7 Å². The number of hydrogen-bond donors (Lipinski definition) is 1. The van der Waals surface area contributed by atoms with E-state index in [-0.39, 0.29) is 24.2 Å². The first kappa shape index (κ1) is 20.7. The minimum Gasteiger partial charge on any atom is -0.497 e. The summed E-state index contributed by atoms with van der Waals surface area (Å²) in [4.78, 5) is 26.4. The number of amides is 2. The fourth-order valence-electron chi connectivity index (χ4n) is 3.32. The molecular weight excluding hydrogens is 368 g/mol. The first-order valence-corrected chi connectivity index (χ1v) is 9.98. The standard InChI is InChI=1S/C23H28N2O4/c1-17-8-10-20(11-9-17)29-13-4-3-12-24-23(27)18-14-22(26)25(16-18)19-6-5-7-21(15-19)28-2/h5-11,15,18H,3-4,12-14,16H2,1-2H3,(H,24,27). The molecular formula is C23H28N2O4. The van der Waals surface area contributed by atoms with E-state index in [1.807, 2.05) is 55.5 Å². The zero-order valence-corrected chi connectivity index (χ0v) is 17.0. The van der Waals surface area contributed by atoms with Crippen molar-refractivity contribution in [2.24, 2.45) is 5.92 Å². The van der Waals surface area contributed by atoms with Gasteiger partial charge in [-0.15, -0.1) is 0 Å². The Morgan fingerprint density at radius 2 is 1.93 bits per heavy atom. The second-order valence-corrected chi connectivity index (χ2v) is 7.27. The van der Waals surface area contributed by atoms with Crippen molar-refractivity contribution < 1.29 is 19.1 Å². The highest BCUT2D eigenvalue weighted by Gasteiger charge is 2.35. The molecule has 0 aliphatic carbocycles. The number of methoxy groups -OCH3 is 1. The summed E-state index contributed by atoms with van der Waals surface area (Å²) >= 11 is 0. The predicted octanol–water partition coefficient (Wildman–Crippen LogP) is 3.33. The highest BCUT2D eigenvalue weighted by Crippen LogP contribution is 2.27. The highest BCUT2D eigenvalue weighted by atomic mass is 16.5. The molecule has 29 heavy (non-hydrogen) atoms. The molecule has 1 aliphatic rings. The summed E-state index contributed by atoms with van der Waals surface area (Å²) in [6.07, 6.45) is 1.92. The van der Waals surface area contributed by atoms with E-state index in [1.54, 1.807) is 12.0 Å². The molecule has 2 amide bonds. The molecule has 1 fully saturated rings. The molecule has 3 rings (SSSR count). The van der Waals surface area contributed by atoms with Crippen LogP contribution in [0.5, 0.6) is 11.5 Å². The minimum absolute atomic E-state index is 0.0371. The Balaban J connectivity index is 1.37. The fourth-order valence-corrected chi connectivity index (χ4v) is 3.32. The SMILES string of the molecule is COc1cccc(N2CC(C(=O)NCCCCOc3ccc(C)cc3)CC2=O)c1. The summed E-state index contributed by atoms with van der Waals surface area (Å²) in [5, 5.41) is 2.95. The van der Waals surface area contributed by atoms with Gasteiger partial charge in [0.2, 0.25) is 11.8 Å². The molecule has 0 spiro atoms. The molecule has 0 bridgehead atoms. The van der Waals surface area contributed by atoms with Crippen LogP contribution in [0.3, 0.4) is 0 Å². The highest BCUT2D eigenvalue weighted by molar-refractivity contribution is 6.00. The number of nitrogens with zero attached hydrogens (tertiary/aromatic N) is 1. The number of nitrogens with one attached hydrogen (secondary N) is 1. The molecule has 1 N–H and O–H groups in total. The number of ether oxygens (including phenoxy) is 2. The fraction of sp³-hybridized carbons (Fsp3) is 0.391. The van der Waals surface area contributed by atoms with Crippen LogP contribution in [0.1, 0.15) is 24.8 Å². The summed E-state index contributed by atoms with van der Waals surface area (Å²) in [6.45, 7) is 3.64. The molecule has 2 aromatic carbocycles. The lowest BCUT2D eigenvalue weighted by molar-refractivity contribution is -0.126. The monoisotopic (exact) mass is 396 g/mol. The molecule has 2 aromatic rings. The minimum atomic E-state index is -0.322. The van der Waals surface area contributed by atoms with Gasteiger partial charge in [0.1, 0.15) is 11.5 Å². The van der Waals surface area contributed by atoms with Gasteiger partial charge in [0.15, 0.2) is 0 Å². The van der Waals surface area contributed by atoms with Crippen molar-refractivity contribution in [3.8, 4) is 11.5 Å². The van der Waals surface area contributed by atoms with Crippen molar-refractivity contribution in [3.63, 3.8) is 0 Å². The van der Waals surface area contributed by atoms with Crippen molar-refractivity contribution in [3.05, 3.63) is 54.1 Å². The Morgan fingerprint density at radius 3 is 2.69 bits per heavy atom. The summed E-state index contributed by atoms with van der Waals surface area (Å²) in [5.41, 5.74) is 1.97. The molecule has 1 aliphatic heterocycles. The number of benzene rings is 2. The van der Waals surface area contributed by atoms with Gasteiger partial charge in [-0.05, 0) is 44.0 Å². The first-order valence-electron chi connectivity index (χ1n) is 9.98. The topological polar surface area (TPSA) is 67.9 Å². The van der Waals surface area contributed by atoms with E-state index in [1.165, 1.54) is 5.56 Å². The van der Waals surface area contributed by atoms with Crippen molar-refractivity contribution in [2.45, 2.75) is 26.2 Å². The van der Waals surface area contributed by atoms with Crippen molar-refractivity contribution in [1.29, 1.82) is 0 Å². The van der Waals surface area contributed by atoms with E-state index in [2.05, 4.69) is 5.32 Å². The molecule has 1 unspecified atom stereocenters. The average Bonchev–Trinajstić information content (AvgIpc) is 3.13. The number of aryl methyl sites for hydroxylation is 1. The van der Waals surface area contributed by atoms with Gasteiger partial charge in [-0.3, -0.25) is 9.59 Å². The lowest BCUT2D eigenvalue weighted by atomic mass is 10.1. The third-order valence-corrected chi connectivity index (χ3v) is 5.02. The smallest absolute Gasteiger partial charge is 0.227 e. The molecule has 1 heterocycles. The Hall–Kier alpha value is -3.02. The molecule has 1 saturated heterocycles. The van der Waals surface area contributed by atoms with Crippen molar-refractivity contribution in [2.75, 3.05) is 31.7 Å². The molecule has 6 nitrogen and oxygen atoms in total. The number of rotatable bonds is 9. The summed E-state index contributed by atoms with van der Waals surface area (Å²) in [7, 11) is 1.59. The van der Waals surface area contributed by atoms with E-state index < -0.39 is 0 Å². The normalized spacial score (nSPS) is 16.0. The Morgan fingerprint density at radius 1 is 1.14 bits per heavy atom. The lowest BCUT2D eigenvalue weighted by Crippen LogP contribution is -2.33. The maximum Gasteiger partial charge on any atom is 0.227 e. The van der Waals surface area contributed by atoms with Gasteiger partial charge in [-0.1, -0.05) is 23.8 Å². The van der Waals surface area contributed by atoms with Gasteiger partial charge in [0.25, 0.3) is 0 Å². The Kier molecular flexibility index (Phi) is 7.11. The number of anilines is 1. The van der Waals surface area contributed by atoms with Gasteiger partial charge in [0, 0.05) is 31.3 Å². The lowest BCUT2D eigenvalue weighted by Gasteiger charge is -2.17. The maximum absolute atomic E-state index is 12.4. The molecule has 0 saturated carbocycles. The molecule has 6 heteroatoms. The molecule has 0 radical (unpaired) electrons. The third kappa shape index (κ3) is 5.73. The van der Waals surface area contributed by atoms with E-state index in [9.17, 15) is 9.59 Å². The molecule has 154 valence electrons. The van der Waals surface area contributed by atoms with Crippen LogP contribution >= 0.6 is 0 Å². The Labute approximate surface area is 171 Å². The number of carbonyl (C=O) groups is 2. The van der Waals surface area contributed by atoms with Crippen LogP contribution in [-0.2, 0) is 9.59 Å². The molecule has 1 atom stereocenters. The van der Waals surface area contributed by atoms with E-state index >= 15 is 0 Å². The summed E-state index contributed by atoms with van der Waals surface area (Å²) < 4.78 is 10.9. The van der Waals surface area contributed by atoms with Gasteiger partial charge in [0.05, 0.1) is 19.6 Å². The first-order chi connectivity index (χ1) is 14.1. The van der Waals surface area contributed by atoms with Crippen LogP contribution in [0.2, 0.25) is 0 Å². The van der Waals surface area contributed by atoms with Crippen LogP contribution in [0, 0.1) is 12.8 Å². The number of hydrogen-bond acceptors (Lipinski definition) is 4. The zero-order valence-electron chi connectivity index (χ0n) is 17.0. The van der Waals surface area contributed by atoms with Crippen molar-refractivity contribution in [1.82, 2.24) is 5.32 Å². The van der Waals surface area contributed by atoms with Crippen molar-refractivity contribution >= 4 is 17.5 Å². The average molecular weight is 396 g/mol. The predicted molar refractivity (Wildman–Crippen MR) is 112 cm³/mol. The quantitative estimate of drug-likeness (QED) is 0.660. The zero-order chi connectivity index (χ0) is 20.6. The largest absolute Gasteiger partial charge is 0.497 e. The van der Waals surface area contributed by atoms with Crippen LogP contribution < -0.4 is 19.7 Å². The third-order valence-electron chi connectivity index (χ3n) is 5.02. The van der Waals surface area contributed by atoms with E-state index in [0.717, 1.165) is 24.3 Å². The summed E-state index contributed by atoms with van der Waals surface area (Å²) in [5.74, 6) is 1.13.